The number of nitrogens with one attached hydrogen (secondary N) is 1. The van der Waals surface area contributed by atoms with Crippen molar-refractivity contribution in [1.29, 1.82) is 0 Å². The first-order valence-corrected chi connectivity index (χ1v) is 7.50. The van der Waals surface area contributed by atoms with Gasteiger partial charge in [-0.1, -0.05) is 23.7 Å². The van der Waals surface area contributed by atoms with Crippen molar-refractivity contribution in [2.75, 3.05) is 18.2 Å². The van der Waals surface area contributed by atoms with Gasteiger partial charge in [-0.15, -0.1) is 11.8 Å². The maximum atomic E-state index is 11.9. The molecule has 19 heavy (non-hydrogen) atoms. The van der Waals surface area contributed by atoms with Gasteiger partial charge in [0, 0.05) is 5.02 Å². The molecule has 6 heteroatoms. The van der Waals surface area contributed by atoms with Crippen LogP contribution in [0, 0.1) is 0 Å². The van der Waals surface area contributed by atoms with Crippen LogP contribution in [0.1, 0.15) is 18.5 Å². The number of amides is 2. The maximum Gasteiger partial charge on any atom is 0.240 e. The van der Waals surface area contributed by atoms with Crippen molar-refractivity contribution in [3.05, 3.63) is 34.9 Å². The van der Waals surface area contributed by atoms with Crippen molar-refractivity contribution in [2.24, 2.45) is 0 Å². The number of hydrogen-bond donors (Lipinski definition) is 1. The first-order chi connectivity index (χ1) is 9.06. The zero-order valence-corrected chi connectivity index (χ0v) is 12.1. The normalized spacial score (nSPS) is 16.5. The molecular weight excluding hydrogens is 284 g/mol. The Morgan fingerprint density at radius 2 is 2.37 bits per heavy atom. The van der Waals surface area contributed by atoms with Crippen molar-refractivity contribution in [3.8, 4) is 0 Å². The largest absolute Gasteiger partial charge is 0.348 e. The van der Waals surface area contributed by atoms with E-state index in [4.69, 9.17) is 11.6 Å². The third kappa shape index (κ3) is 3.88. The lowest BCUT2D eigenvalue weighted by molar-refractivity contribution is -0.132. The lowest BCUT2D eigenvalue weighted by Gasteiger charge is -2.18. The summed E-state index contributed by atoms with van der Waals surface area (Å²) < 4.78 is 0. The second-order valence-electron chi connectivity index (χ2n) is 4.41. The minimum Gasteiger partial charge on any atom is -0.348 e. The van der Waals surface area contributed by atoms with E-state index >= 15 is 0 Å². The van der Waals surface area contributed by atoms with Gasteiger partial charge in [-0.25, -0.2) is 0 Å². The van der Waals surface area contributed by atoms with Crippen molar-refractivity contribution >= 4 is 35.2 Å². The molecule has 102 valence electrons. The van der Waals surface area contributed by atoms with E-state index in [1.165, 1.54) is 11.8 Å². The number of nitrogens with zero attached hydrogens (tertiary/aromatic N) is 1. The van der Waals surface area contributed by atoms with E-state index in [1.54, 1.807) is 11.0 Å². The summed E-state index contributed by atoms with van der Waals surface area (Å²) in [5.74, 6) is 0.938. The van der Waals surface area contributed by atoms with Crippen molar-refractivity contribution in [2.45, 2.75) is 13.0 Å². The highest BCUT2D eigenvalue weighted by Crippen LogP contribution is 2.18. The fourth-order valence-electron chi connectivity index (χ4n) is 1.86. The SMILES string of the molecule is CC(NC(=O)CN1CSCC1=O)c1cccc(Cl)c1. The highest BCUT2D eigenvalue weighted by atomic mass is 35.5. The summed E-state index contributed by atoms with van der Waals surface area (Å²) in [4.78, 5) is 24.8. The second kappa shape index (κ2) is 6.30. The lowest BCUT2D eigenvalue weighted by atomic mass is 10.1. The monoisotopic (exact) mass is 298 g/mol. The standard InChI is InChI=1S/C13H15ClN2O2S/c1-9(10-3-2-4-11(14)5-10)15-12(17)6-16-8-19-7-13(16)18/h2-5,9H,6-8H2,1H3,(H,15,17). The number of halogens is 1. The average molecular weight is 299 g/mol. The Labute approximate surface area is 121 Å². The Morgan fingerprint density at radius 3 is 3.00 bits per heavy atom. The molecule has 1 heterocycles. The molecule has 1 N–H and O–H groups in total. The highest BCUT2D eigenvalue weighted by molar-refractivity contribution is 8.00. The third-order valence-corrected chi connectivity index (χ3v) is 4.07. The molecule has 1 aliphatic heterocycles. The van der Waals surface area contributed by atoms with Gasteiger partial charge in [0.1, 0.15) is 6.54 Å². The van der Waals surface area contributed by atoms with Crippen LogP contribution in [0.5, 0.6) is 0 Å². The van der Waals surface area contributed by atoms with Crippen LogP contribution >= 0.6 is 23.4 Å². The minimum absolute atomic E-state index is 0.0237. The Kier molecular flexibility index (Phi) is 4.71. The number of hydrogen-bond acceptors (Lipinski definition) is 3. The topological polar surface area (TPSA) is 49.4 Å². The molecule has 0 radical (unpaired) electrons. The van der Waals surface area contributed by atoms with Gasteiger partial charge >= 0.3 is 0 Å². The summed E-state index contributed by atoms with van der Waals surface area (Å²) in [5.41, 5.74) is 0.947. The minimum atomic E-state index is -0.150. The summed E-state index contributed by atoms with van der Waals surface area (Å²) in [5, 5.41) is 3.51. The number of thioether (sulfide) groups is 1. The Morgan fingerprint density at radius 1 is 1.58 bits per heavy atom. The van der Waals surface area contributed by atoms with Crippen molar-refractivity contribution in [1.82, 2.24) is 10.2 Å². The van der Waals surface area contributed by atoms with E-state index in [2.05, 4.69) is 5.32 Å². The maximum absolute atomic E-state index is 11.9. The molecule has 0 aliphatic carbocycles. The van der Waals surface area contributed by atoms with E-state index in [0.29, 0.717) is 16.7 Å². The van der Waals surface area contributed by atoms with Crippen LogP contribution in [0.2, 0.25) is 5.02 Å². The zero-order valence-electron chi connectivity index (χ0n) is 10.6. The molecule has 0 aromatic heterocycles. The van der Waals surface area contributed by atoms with Gasteiger partial charge in [0.15, 0.2) is 0 Å². The van der Waals surface area contributed by atoms with Gasteiger partial charge in [-0.05, 0) is 24.6 Å². The molecule has 2 rings (SSSR count). The Hall–Kier alpha value is -1.20. The highest BCUT2D eigenvalue weighted by Gasteiger charge is 2.23. The first kappa shape index (κ1) is 14.2. The number of benzene rings is 1. The van der Waals surface area contributed by atoms with Crippen LogP contribution in [0.4, 0.5) is 0 Å². The summed E-state index contributed by atoms with van der Waals surface area (Å²) >= 11 is 7.44. The number of carbonyl (C=O) groups excluding carboxylic acids is 2. The van der Waals surface area contributed by atoms with Crippen LogP contribution in [0.3, 0.4) is 0 Å². The van der Waals surface area contributed by atoms with E-state index in [-0.39, 0.29) is 24.4 Å². The van der Waals surface area contributed by atoms with E-state index in [0.717, 1.165) is 5.56 Å². The zero-order chi connectivity index (χ0) is 13.8. The predicted octanol–water partition coefficient (Wildman–Crippen LogP) is 2.05. The molecule has 1 aromatic carbocycles. The van der Waals surface area contributed by atoms with Gasteiger partial charge in [0.25, 0.3) is 0 Å². The van der Waals surface area contributed by atoms with E-state index < -0.39 is 0 Å². The molecule has 2 amide bonds. The summed E-state index contributed by atoms with van der Waals surface area (Å²) in [6, 6.07) is 7.24. The Bertz CT molecular complexity index is 495. The number of rotatable bonds is 4. The summed E-state index contributed by atoms with van der Waals surface area (Å²) in [7, 11) is 0. The molecule has 1 aromatic rings. The van der Waals surface area contributed by atoms with Crippen LogP contribution in [0.25, 0.3) is 0 Å². The molecule has 1 saturated heterocycles. The van der Waals surface area contributed by atoms with Crippen LogP contribution in [0.15, 0.2) is 24.3 Å². The third-order valence-electron chi connectivity index (χ3n) is 2.89. The van der Waals surface area contributed by atoms with Crippen LogP contribution in [-0.4, -0.2) is 34.9 Å². The molecule has 0 spiro atoms. The first-order valence-electron chi connectivity index (χ1n) is 5.96. The lowest BCUT2D eigenvalue weighted by Crippen LogP contribution is -2.39. The van der Waals surface area contributed by atoms with Gasteiger partial charge < -0.3 is 10.2 Å². The molecule has 1 aliphatic rings. The molecule has 0 saturated carbocycles. The van der Waals surface area contributed by atoms with Crippen LogP contribution in [-0.2, 0) is 9.59 Å². The molecule has 1 fully saturated rings. The molecule has 1 unspecified atom stereocenters. The van der Waals surface area contributed by atoms with Gasteiger partial charge in [-0.3, -0.25) is 9.59 Å². The Balaban J connectivity index is 1.89. The summed E-state index contributed by atoms with van der Waals surface area (Å²) in [6.45, 7) is 2.01. The quantitative estimate of drug-likeness (QED) is 0.925. The van der Waals surface area contributed by atoms with E-state index in [9.17, 15) is 9.59 Å². The van der Waals surface area contributed by atoms with Crippen LogP contribution < -0.4 is 5.32 Å². The van der Waals surface area contributed by atoms with Crippen molar-refractivity contribution in [3.63, 3.8) is 0 Å². The molecule has 1 atom stereocenters. The average Bonchev–Trinajstić information content (AvgIpc) is 2.75. The fraction of sp³-hybridized carbons (Fsp3) is 0.385. The predicted molar refractivity (Wildman–Crippen MR) is 77.0 cm³/mol. The second-order valence-corrected chi connectivity index (χ2v) is 5.81. The molecular formula is C13H15ClN2O2S. The fourth-order valence-corrected chi connectivity index (χ4v) is 2.96. The van der Waals surface area contributed by atoms with Crippen molar-refractivity contribution < 1.29 is 9.59 Å². The van der Waals surface area contributed by atoms with Gasteiger partial charge in [-0.2, -0.15) is 0 Å². The smallest absolute Gasteiger partial charge is 0.240 e. The van der Waals surface area contributed by atoms with E-state index in [1.807, 2.05) is 25.1 Å². The summed E-state index contributed by atoms with van der Waals surface area (Å²) in [6.07, 6.45) is 0. The number of carbonyl (C=O) groups is 2. The van der Waals surface area contributed by atoms with Gasteiger partial charge in [0.2, 0.25) is 11.8 Å². The molecule has 0 bridgehead atoms. The molecule has 4 nitrogen and oxygen atoms in total. The van der Waals surface area contributed by atoms with Gasteiger partial charge in [0.05, 0.1) is 17.7 Å².